The standard InChI is InChI=1S/C17H18F2N2/c18-16-7-6-14(12-17(16)19)20-13-8-10-21(11-9-13)15-4-2-1-3-5-15/h1-7,12-13,20H,8-11H2. The van der Waals surface area contributed by atoms with Crippen molar-refractivity contribution in [3.63, 3.8) is 0 Å². The van der Waals surface area contributed by atoms with Gasteiger partial charge >= 0.3 is 0 Å². The highest BCUT2D eigenvalue weighted by Gasteiger charge is 2.19. The molecular weight excluding hydrogens is 270 g/mol. The first-order valence-electron chi connectivity index (χ1n) is 7.24. The summed E-state index contributed by atoms with van der Waals surface area (Å²) in [5.41, 5.74) is 1.89. The Kier molecular flexibility index (Phi) is 4.04. The second kappa shape index (κ2) is 6.12. The molecule has 110 valence electrons. The average molecular weight is 288 g/mol. The van der Waals surface area contributed by atoms with Gasteiger partial charge < -0.3 is 10.2 Å². The van der Waals surface area contributed by atoms with E-state index in [0.29, 0.717) is 11.7 Å². The van der Waals surface area contributed by atoms with E-state index in [1.807, 2.05) is 18.2 Å². The molecule has 0 unspecified atom stereocenters. The number of hydrogen-bond acceptors (Lipinski definition) is 2. The van der Waals surface area contributed by atoms with Gasteiger partial charge in [0.2, 0.25) is 0 Å². The van der Waals surface area contributed by atoms with Crippen LogP contribution in [0.3, 0.4) is 0 Å². The summed E-state index contributed by atoms with van der Waals surface area (Å²) in [6.07, 6.45) is 1.96. The third-order valence-electron chi connectivity index (χ3n) is 3.91. The molecule has 0 aliphatic carbocycles. The van der Waals surface area contributed by atoms with E-state index in [9.17, 15) is 8.78 Å². The van der Waals surface area contributed by atoms with Crippen molar-refractivity contribution in [3.8, 4) is 0 Å². The lowest BCUT2D eigenvalue weighted by Gasteiger charge is -2.34. The van der Waals surface area contributed by atoms with Gasteiger partial charge in [0.05, 0.1) is 0 Å². The maximum absolute atomic E-state index is 13.2. The van der Waals surface area contributed by atoms with Crippen LogP contribution < -0.4 is 10.2 Å². The minimum atomic E-state index is -0.806. The van der Waals surface area contributed by atoms with Crippen LogP contribution in [-0.4, -0.2) is 19.1 Å². The summed E-state index contributed by atoms with van der Waals surface area (Å²) >= 11 is 0. The number of hydrogen-bond donors (Lipinski definition) is 1. The van der Waals surface area contributed by atoms with Crippen molar-refractivity contribution in [2.24, 2.45) is 0 Å². The summed E-state index contributed by atoms with van der Waals surface area (Å²) in [6.45, 7) is 1.93. The molecule has 1 aliphatic rings. The molecular formula is C17H18F2N2. The van der Waals surface area contributed by atoms with Gasteiger partial charge in [-0.3, -0.25) is 0 Å². The van der Waals surface area contributed by atoms with Crippen LogP contribution in [0.25, 0.3) is 0 Å². The number of para-hydroxylation sites is 1. The molecule has 0 atom stereocenters. The molecule has 1 heterocycles. The Bertz CT molecular complexity index is 593. The molecule has 1 aliphatic heterocycles. The largest absolute Gasteiger partial charge is 0.382 e. The Morgan fingerprint density at radius 2 is 1.62 bits per heavy atom. The molecule has 21 heavy (non-hydrogen) atoms. The number of nitrogens with zero attached hydrogens (tertiary/aromatic N) is 1. The number of anilines is 2. The van der Waals surface area contributed by atoms with Crippen LogP contribution >= 0.6 is 0 Å². The summed E-state index contributed by atoms with van der Waals surface area (Å²) in [5, 5.41) is 3.29. The molecule has 0 spiro atoms. The van der Waals surface area contributed by atoms with E-state index in [-0.39, 0.29) is 0 Å². The minimum Gasteiger partial charge on any atom is -0.382 e. The van der Waals surface area contributed by atoms with Gasteiger partial charge in [0.25, 0.3) is 0 Å². The molecule has 0 aromatic heterocycles. The lowest BCUT2D eigenvalue weighted by molar-refractivity contribution is 0.506. The molecule has 1 saturated heterocycles. The van der Waals surface area contributed by atoms with E-state index in [4.69, 9.17) is 0 Å². The van der Waals surface area contributed by atoms with Crippen molar-refractivity contribution in [2.75, 3.05) is 23.3 Å². The Morgan fingerprint density at radius 1 is 0.905 bits per heavy atom. The fraction of sp³-hybridized carbons (Fsp3) is 0.294. The molecule has 0 radical (unpaired) electrons. The van der Waals surface area contributed by atoms with Crippen molar-refractivity contribution < 1.29 is 8.78 Å². The summed E-state index contributed by atoms with van der Waals surface area (Å²) in [5.74, 6) is -1.61. The number of rotatable bonds is 3. The summed E-state index contributed by atoms with van der Waals surface area (Å²) in [6, 6.07) is 14.6. The van der Waals surface area contributed by atoms with Crippen LogP contribution in [0.4, 0.5) is 20.2 Å². The Labute approximate surface area is 123 Å². The minimum absolute atomic E-state index is 0.301. The Hall–Kier alpha value is -2.10. The van der Waals surface area contributed by atoms with Gasteiger partial charge in [0.1, 0.15) is 0 Å². The number of nitrogens with one attached hydrogen (secondary N) is 1. The topological polar surface area (TPSA) is 15.3 Å². The number of benzene rings is 2. The maximum Gasteiger partial charge on any atom is 0.160 e. The summed E-state index contributed by atoms with van der Waals surface area (Å²) < 4.78 is 26.1. The van der Waals surface area contributed by atoms with Gasteiger partial charge in [-0.25, -0.2) is 8.78 Å². The second-order valence-electron chi connectivity index (χ2n) is 5.37. The highest BCUT2D eigenvalue weighted by Crippen LogP contribution is 2.22. The van der Waals surface area contributed by atoms with Crippen LogP contribution in [0.15, 0.2) is 48.5 Å². The number of halogens is 2. The van der Waals surface area contributed by atoms with Crippen LogP contribution in [0, 0.1) is 11.6 Å². The van der Waals surface area contributed by atoms with Crippen molar-refractivity contribution in [1.29, 1.82) is 0 Å². The molecule has 4 heteroatoms. The van der Waals surface area contributed by atoms with Crippen molar-refractivity contribution in [3.05, 3.63) is 60.2 Å². The van der Waals surface area contributed by atoms with Gasteiger partial charge in [0.15, 0.2) is 11.6 Å². The van der Waals surface area contributed by atoms with Crippen molar-refractivity contribution >= 4 is 11.4 Å². The van der Waals surface area contributed by atoms with Gasteiger partial charge in [-0.1, -0.05) is 18.2 Å². The number of piperidine rings is 1. The van der Waals surface area contributed by atoms with Crippen LogP contribution in [0.2, 0.25) is 0 Å². The molecule has 2 aromatic rings. The average Bonchev–Trinajstić information content (AvgIpc) is 2.53. The normalized spacial score (nSPS) is 16.0. The first kappa shape index (κ1) is 13.9. The quantitative estimate of drug-likeness (QED) is 0.916. The summed E-state index contributed by atoms with van der Waals surface area (Å²) in [4.78, 5) is 2.35. The smallest absolute Gasteiger partial charge is 0.160 e. The molecule has 0 amide bonds. The van der Waals surface area contributed by atoms with Crippen LogP contribution in [-0.2, 0) is 0 Å². The fourth-order valence-corrected chi connectivity index (χ4v) is 2.74. The molecule has 0 saturated carbocycles. The van der Waals surface area contributed by atoms with Gasteiger partial charge in [-0.15, -0.1) is 0 Å². The molecule has 1 N–H and O–H groups in total. The molecule has 2 aromatic carbocycles. The second-order valence-corrected chi connectivity index (χ2v) is 5.37. The van der Waals surface area contributed by atoms with Gasteiger partial charge in [-0.2, -0.15) is 0 Å². The zero-order valence-electron chi connectivity index (χ0n) is 11.7. The third-order valence-corrected chi connectivity index (χ3v) is 3.91. The van der Waals surface area contributed by atoms with E-state index >= 15 is 0 Å². The van der Waals surface area contributed by atoms with Crippen LogP contribution in [0.1, 0.15) is 12.8 Å². The third kappa shape index (κ3) is 3.32. The molecule has 0 bridgehead atoms. The highest BCUT2D eigenvalue weighted by molar-refractivity contribution is 5.48. The van der Waals surface area contributed by atoms with Gasteiger partial charge in [-0.05, 0) is 37.1 Å². The predicted octanol–water partition coefficient (Wildman–Crippen LogP) is 4.05. The van der Waals surface area contributed by atoms with Gasteiger partial charge in [0, 0.05) is 36.6 Å². The van der Waals surface area contributed by atoms with E-state index in [0.717, 1.165) is 32.0 Å². The SMILES string of the molecule is Fc1ccc(NC2CCN(c3ccccc3)CC2)cc1F. The maximum atomic E-state index is 13.2. The van der Waals surface area contributed by atoms with E-state index in [1.54, 1.807) is 6.07 Å². The van der Waals surface area contributed by atoms with Crippen molar-refractivity contribution in [2.45, 2.75) is 18.9 Å². The van der Waals surface area contributed by atoms with E-state index in [2.05, 4.69) is 22.3 Å². The Balaban J connectivity index is 1.57. The van der Waals surface area contributed by atoms with Crippen LogP contribution in [0.5, 0.6) is 0 Å². The molecule has 1 fully saturated rings. The van der Waals surface area contributed by atoms with Crippen molar-refractivity contribution in [1.82, 2.24) is 0 Å². The van der Waals surface area contributed by atoms with E-state index in [1.165, 1.54) is 11.8 Å². The lowest BCUT2D eigenvalue weighted by Crippen LogP contribution is -2.39. The lowest BCUT2D eigenvalue weighted by atomic mass is 10.0. The predicted molar refractivity (Wildman–Crippen MR) is 81.7 cm³/mol. The fourth-order valence-electron chi connectivity index (χ4n) is 2.74. The highest BCUT2D eigenvalue weighted by atomic mass is 19.2. The monoisotopic (exact) mass is 288 g/mol. The zero-order valence-corrected chi connectivity index (χ0v) is 11.7. The first-order valence-corrected chi connectivity index (χ1v) is 7.24. The van der Waals surface area contributed by atoms with E-state index < -0.39 is 11.6 Å². The summed E-state index contributed by atoms with van der Waals surface area (Å²) in [7, 11) is 0. The Morgan fingerprint density at radius 3 is 2.29 bits per heavy atom. The zero-order chi connectivity index (χ0) is 14.7. The molecule has 2 nitrogen and oxygen atoms in total. The molecule has 3 rings (SSSR count). The first-order chi connectivity index (χ1) is 10.2.